The third-order valence-corrected chi connectivity index (χ3v) is 6.37. The summed E-state index contributed by atoms with van der Waals surface area (Å²) in [5.41, 5.74) is 4.75. The molecule has 28 heavy (non-hydrogen) atoms. The first-order valence-electron chi connectivity index (χ1n) is 8.24. The molecule has 146 valence electrons. The summed E-state index contributed by atoms with van der Waals surface area (Å²) < 4.78 is 3.90. The number of benzene rings is 2. The van der Waals surface area contributed by atoms with Gasteiger partial charge in [-0.15, -0.1) is 0 Å². The van der Waals surface area contributed by atoms with Crippen molar-refractivity contribution in [3.63, 3.8) is 0 Å². The zero-order valence-corrected chi connectivity index (χ0v) is 20.9. The van der Waals surface area contributed by atoms with Gasteiger partial charge >= 0.3 is 5.97 Å². The molecule has 0 N–H and O–H groups in total. The van der Waals surface area contributed by atoms with E-state index in [0.717, 1.165) is 22.3 Å². The largest absolute Gasteiger partial charge is 0.469 e. The molecule has 2 aromatic rings. The number of halogens is 4. The van der Waals surface area contributed by atoms with Gasteiger partial charge in [0.1, 0.15) is 7.47 Å². The van der Waals surface area contributed by atoms with Crippen LogP contribution in [0, 0.1) is 0 Å². The van der Waals surface area contributed by atoms with Gasteiger partial charge in [-0.1, -0.05) is 88.0 Å². The minimum atomic E-state index is -0.486. The molecule has 0 bridgehead atoms. The highest BCUT2D eigenvalue weighted by Gasteiger charge is 2.32. The maximum absolute atomic E-state index is 12.4. The molecule has 0 saturated heterocycles. The molecule has 0 unspecified atom stereocenters. The van der Waals surface area contributed by atoms with Crippen LogP contribution in [0.15, 0.2) is 36.4 Å². The summed E-state index contributed by atoms with van der Waals surface area (Å²) >= 11 is 13.0. The van der Waals surface area contributed by atoms with Crippen molar-refractivity contribution in [1.29, 1.82) is 0 Å². The van der Waals surface area contributed by atoms with Crippen molar-refractivity contribution in [2.24, 2.45) is 0 Å². The fourth-order valence-corrected chi connectivity index (χ4v) is 4.45. The molecule has 2 aromatic carbocycles. The third-order valence-electron chi connectivity index (χ3n) is 4.71. The first-order valence-corrected chi connectivity index (χ1v) is 11.9. The van der Waals surface area contributed by atoms with Gasteiger partial charge in [0, 0.05) is 17.0 Å². The van der Waals surface area contributed by atoms with Gasteiger partial charge in [0.15, 0.2) is 11.6 Å². The van der Waals surface area contributed by atoms with Crippen molar-refractivity contribution in [1.82, 2.24) is 0 Å². The lowest BCUT2D eigenvalue weighted by molar-refractivity contribution is -0.140. The standard InChI is InChI=1S/C20H14Br4O4/c1-28-16(25)8-15-13-6-9(17(26)19(21)22)2-4-11(13)12-5-3-10(7-14(12)15)18(27)20(23)24/h2-7,15,19-20H,8H2,1H3. The van der Waals surface area contributed by atoms with E-state index in [4.69, 9.17) is 4.74 Å². The number of hydrogen-bond acceptors (Lipinski definition) is 4. The highest BCUT2D eigenvalue weighted by atomic mass is 79.9. The van der Waals surface area contributed by atoms with E-state index >= 15 is 0 Å². The van der Waals surface area contributed by atoms with Crippen molar-refractivity contribution >= 4 is 81.3 Å². The fourth-order valence-electron chi connectivity index (χ4n) is 3.39. The van der Waals surface area contributed by atoms with Crippen LogP contribution < -0.4 is 0 Å². The maximum atomic E-state index is 12.4. The van der Waals surface area contributed by atoms with Gasteiger partial charge in [-0.3, -0.25) is 14.4 Å². The van der Waals surface area contributed by atoms with Crippen LogP contribution in [0.5, 0.6) is 0 Å². The summed E-state index contributed by atoms with van der Waals surface area (Å²) in [6.07, 6.45) is 0.129. The van der Waals surface area contributed by atoms with Crippen molar-refractivity contribution in [2.45, 2.75) is 19.8 Å². The van der Waals surface area contributed by atoms with Crippen LogP contribution in [-0.4, -0.2) is 32.1 Å². The predicted octanol–water partition coefficient (Wildman–Crippen LogP) is 5.96. The molecule has 0 aromatic heterocycles. The van der Waals surface area contributed by atoms with Gasteiger partial charge in [0.05, 0.1) is 13.5 Å². The first kappa shape index (κ1) is 21.9. The number of ketones is 2. The number of methoxy groups -OCH3 is 1. The first-order chi connectivity index (χ1) is 13.2. The molecule has 0 heterocycles. The monoisotopic (exact) mass is 634 g/mol. The second-order valence-electron chi connectivity index (χ2n) is 6.27. The zero-order valence-electron chi connectivity index (χ0n) is 14.5. The Bertz CT molecular complexity index is 899. The number of carbonyl (C=O) groups is 3. The van der Waals surface area contributed by atoms with E-state index in [2.05, 4.69) is 63.7 Å². The molecule has 1 aliphatic rings. The van der Waals surface area contributed by atoms with Crippen molar-refractivity contribution in [2.75, 3.05) is 7.11 Å². The summed E-state index contributed by atoms with van der Waals surface area (Å²) in [4.78, 5) is 36.8. The average Bonchev–Trinajstić information content (AvgIpc) is 2.98. The molecule has 1 aliphatic carbocycles. The maximum Gasteiger partial charge on any atom is 0.306 e. The minimum Gasteiger partial charge on any atom is -0.469 e. The van der Waals surface area contributed by atoms with Gasteiger partial charge in [-0.25, -0.2) is 0 Å². The summed E-state index contributed by atoms with van der Waals surface area (Å²) in [6, 6.07) is 11.0. The average molecular weight is 638 g/mol. The van der Waals surface area contributed by atoms with Crippen LogP contribution >= 0.6 is 63.7 Å². The summed E-state index contributed by atoms with van der Waals surface area (Å²) in [5, 5.41) is 0. The van der Waals surface area contributed by atoms with Gasteiger partial charge in [-0.2, -0.15) is 0 Å². The molecule has 4 nitrogen and oxygen atoms in total. The quantitative estimate of drug-likeness (QED) is 0.223. The smallest absolute Gasteiger partial charge is 0.306 e. The van der Waals surface area contributed by atoms with E-state index in [-0.39, 0.29) is 29.9 Å². The number of hydrogen-bond donors (Lipinski definition) is 0. The number of carbonyl (C=O) groups excluding carboxylic acids is 3. The lowest BCUT2D eigenvalue weighted by Gasteiger charge is -2.14. The van der Waals surface area contributed by atoms with Gasteiger partial charge in [0.25, 0.3) is 0 Å². The van der Waals surface area contributed by atoms with Crippen LogP contribution in [0.25, 0.3) is 11.1 Å². The topological polar surface area (TPSA) is 60.4 Å². The number of rotatable bonds is 6. The van der Waals surface area contributed by atoms with Crippen molar-refractivity contribution < 1.29 is 19.1 Å². The molecule has 0 saturated carbocycles. The fraction of sp³-hybridized carbons (Fsp3) is 0.250. The number of alkyl halides is 4. The molecule has 8 heteroatoms. The van der Waals surface area contributed by atoms with Crippen LogP contribution in [0.2, 0.25) is 0 Å². The second-order valence-corrected chi connectivity index (χ2v) is 12.4. The Balaban J connectivity index is 2.13. The number of esters is 1. The number of Topliss-reactive ketones (excluding diaryl/α,β-unsaturated/α-hetero) is 2. The predicted molar refractivity (Wildman–Crippen MR) is 122 cm³/mol. The van der Waals surface area contributed by atoms with Crippen molar-refractivity contribution in [3.8, 4) is 11.1 Å². The molecule has 0 fully saturated rings. The summed E-state index contributed by atoms with van der Waals surface area (Å²) in [7, 11) is 1.35. The van der Waals surface area contributed by atoms with E-state index < -0.39 is 7.47 Å². The normalized spacial score (nSPS) is 12.8. The molecular formula is C20H14Br4O4. The Kier molecular flexibility index (Phi) is 6.95. The van der Waals surface area contributed by atoms with Crippen LogP contribution in [0.1, 0.15) is 44.2 Å². The molecule has 0 spiro atoms. The third kappa shape index (κ3) is 4.20. The Hall–Kier alpha value is -0.830. The molecule has 0 radical (unpaired) electrons. The lowest BCUT2D eigenvalue weighted by Crippen LogP contribution is -2.11. The van der Waals surface area contributed by atoms with Gasteiger partial charge < -0.3 is 4.74 Å². The Morgan fingerprint density at radius 2 is 1.29 bits per heavy atom. The minimum absolute atomic E-state index is 0.104. The van der Waals surface area contributed by atoms with Crippen molar-refractivity contribution in [3.05, 3.63) is 58.7 Å². The number of fused-ring (bicyclic) bond motifs is 3. The Morgan fingerprint density at radius 3 is 1.64 bits per heavy atom. The highest BCUT2D eigenvalue weighted by molar-refractivity contribution is 9.25. The Labute approximate surface area is 195 Å². The zero-order chi connectivity index (χ0) is 20.6. The van der Waals surface area contributed by atoms with E-state index in [1.54, 1.807) is 12.1 Å². The second kappa shape index (κ2) is 8.90. The highest BCUT2D eigenvalue weighted by Crippen LogP contribution is 2.47. The van der Waals surface area contributed by atoms with E-state index in [1.165, 1.54) is 7.11 Å². The molecule has 3 rings (SSSR count). The van der Waals surface area contributed by atoms with Crippen LogP contribution in [0.3, 0.4) is 0 Å². The molecular weight excluding hydrogens is 624 g/mol. The number of ether oxygens (including phenoxy) is 1. The molecule has 0 amide bonds. The van der Waals surface area contributed by atoms with E-state index in [1.807, 2.05) is 24.3 Å². The van der Waals surface area contributed by atoms with Crippen LogP contribution in [0.4, 0.5) is 0 Å². The van der Waals surface area contributed by atoms with Crippen LogP contribution in [-0.2, 0) is 9.53 Å². The molecule has 0 atom stereocenters. The van der Waals surface area contributed by atoms with Gasteiger partial charge in [-0.05, 0) is 34.4 Å². The SMILES string of the molecule is COC(=O)CC1c2cc(C(=O)C(Br)Br)ccc2-c2ccc(C(=O)C(Br)Br)cc21. The Morgan fingerprint density at radius 1 is 0.857 bits per heavy atom. The lowest BCUT2D eigenvalue weighted by atomic mass is 9.91. The van der Waals surface area contributed by atoms with E-state index in [0.29, 0.717) is 11.1 Å². The molecule has 0 aliphatic heterocycles. The van der Waals surface area contributed by atoms with E-state index in [9.17, 15) is 14.4 Å². The van der Waals surface area contributed by atoms with Gasteiger partial charge in [0.2, 0.25) is 0 Å². The summed E-state index contributed by atoms with van der Waals surface area (Å²) in [6.45, 7) is 0. The summed E-state index contributed by atoms with van der Waals surface area (Å²) in [5.74, 6) is -0.846.